The summed E-state index contributed by atoms with van der Waals surface area (Å²) in [6.45, 7) is 0.210. The van der Waals surface area contributed by atoms with Crippen LogP contribution in [0.15, 0.2) is 52.5 Å². The molecule has 0 aliphatic rings. The average molecular weight is 420 g/mol. The van der Waals surface area contributed by atoms with Crippen LogP contribution >= 0.6 is 23.2 Å². The number of rotatable bonds is 7. The first-order chi connectivity index (χ1) is 13.6. The number of halogens is 2. The smallest absolute Gasteiger partial charge is 0.271 e. The molecule has 8 nitrogen and oxygen atoms in total. The summed E-state index contributed by atoms with van der Waals surface area (Å²) in [7, 11) is 1.54. The zero-order valence-corrected chi connectivity index (χ0v) is 16.2. The van der Waals surface area contributed by atoms with Gasteiger partial charge in [-0.15, -0.1) is 10.2 Å². The lowest BCUT2D eigenvalue weighted by Gasteiger charge is -2.14. The first-order valence-corrected chi connectivity index (χ1v) is 8.77. The highest BCUT2D eigenvalue weighted by atomic mass is 35.5. The van der Waals surface area contributed by atoms with E-state index in [1.807, 2.05) is 0 Å². The van der Waals surface area contributed by atoms with Crippen LogP contribution in [0.25, 0.3) is 0 Å². The highest BCUT2D eigenvalue weighted by molar-refractivity contribution is 6.35. The van der Waals surface area contributed by atoms with E-state index < -0.39 is 5.56 Å². The standard InChI is InChI=1S/C18H15Cl2N5O3/c1-27-15-4-2-3-11(8-21-24-18-23-16(26)9-22-25-18)17(15)28-10-12-5-6-13(19)7-14(12)20/h2-9H,10H2,1H3,(H2,23,24,25,26)/b21-8+. The van der Waals surface area contributed by atoms with Crippen molar-refractivity contribution in [1.29, 1.82) is 0 Å². The van der Waals surface area contributed by atoms with Crippen molar-refractivity contribution in [1.82, 2.24) is 15.2 Å². The number of hydrazone groups is 1. The molecule has 0 unspecified atom stereocenters. The van der Waals surface area contributed by atoms with Gasteiger partial charge in [0.2, 0.25) is 5.95 Å². The third kappa shape index (κ3) is 4.99. The summed E-state index contributed by atoms with van der Waals surface area (Å²) in [4.78, 5) is 13.7. The number of aromatic amines is 1. The quantitative estimate of drug-likeness (QED) is 0.448. The molecule has 1 heterocycles. The maximum absolute atomic E-state index is 11.2. The Bertz CT molecular complexity index is 1060. The second-order valence-electron chi connectivity index (χ2n) is 5.46. The van der Waals surface area contributed by atoms with Crippen LogP contribution in [0.3, 0.4) is 0 Å². The third-order valence-corrected chi connectivity index (χ3v) is 4.15. The number of anilines is 1. The van der Waals surface area contributed by atoms with Crippen LogP contribution in [-0.4, -0.2) is 28.5 Å². The van der Waals surface area contributed by atoms with Gasteiger partial charge in [0.15, 0.2) is 11.5 Å². The van der Waals surface area contributed by atoms with Gasteiger partial charge in [0.05, 0.1) is 13.3 Å². The first-order valence-electron chi connectivity index (χ1n) is 8.01. The maximum Gasteiger partial charge on any atom is 0.271 e. The summed E-state index contributed by atoms with van der Waals surface area (Å²) in [5, 5.41) is 12.3. The Labute approximate surface area is 170 Å². The minimum absolute atomic E-state index is 0.113. The van der Waals surface area contributed by atoms with Crippen molar-refractivity contribution >= 4 is 35.4 Å². The Morgan fingerprint density at radius 1 is 1.29 bits per heavy atom. The van der Waals surface area contributed by atoms with Crippen LogP contribution in [-0.2, 0) is 6.61 Å². The van der Waals surface area contributed by atoms with Crippen molar-refractivity contribution in [3.05, 3.63) is 74.1 Å². The Balaban J connectivity index is 1.79. The van der Waals surface area contributed by atoms with Gasteiger partial charge in [-0.25, -0.2) is 5.43 Å². The van der Waals surface area contributed by atoms with E-state index in [4.69, 9.17) is 32.7 Å². The van der Waals surface area contributed by atoms with Crippen molar-refractivity contribution in [2.24, 2.45) is 5.10 Å². The molecule has 0 spiro atoms. The SMILES string of the molecule is COc1cccc(/C=N/Nc2nncc(=O)[nH]2)c1OCc1ccc(Cl)cc1Cl. The van der Waals surface area contributed by atoms with E-state index in [0.29, 0.717) is 27.1 Å². The monoisotopic (exact) mass is 419 g/mol. The van der Waals surface area contributed by atoms with Gasteiger partial charge in [-0.05, 0) is 24.3 Å². The molecule has 0 radical (unpaired) electrons. The molecule has 0 fully saturated rings. The largest absolute Gasteiger partial charge is 0.493 e. The van der Waals surface area contributed by atoms with Gasteiger partial charge in [-0.2, -0.15) is 5.10 Å². The van der Waals surface area contributed by atoms with Crippen molar-refractivity contribution in [3.8, 4) is 11.5 Å². The average Bonchev–Trinajstić information content (AvgIpc) is 2.68. The normalized spacial score (nSPS) is 10.8. The number of hydrogen-bond acceptors (Lipinski definition) is 7. The Hall–Kier alpha value is -3.10. The highest BCUT2D eigenvalue weighted by Gasteiger charge is 2.11. The highest BCUT2D eigenvalue weighted by Crippen LogP contribution is 2.32. The van der Waals surface area contributed by atoms with Gasteiger partial charge >= 0.3 is 0 Å². The first kappa shape index (κ1) is 19.7. The van der Waals surface area contributed by atoms with E-state index in [1.165, 1.54) is 6.21 Å². The lowest BCUT2D eigenvalue weighted by molar-refractivity contribution is 0.284. The molecule has 0 saturated heterocycles. The van der Waals surface area contributed by atoms with E-state index in [-0.39, 0.29) is 12.6 Å². The number of nitrogens with zero attached hydrogens (tertiary/aromatic N) is 3. The van der Waals surface area contributed by atoms with Crippen LogP contribution in [0.1, 0.15) is 11.1 Å². The fourth-order valence-electron chi connectivity index (χ4n) is 2.26. The molecule has 28 heavy (non-hydrogen) atoms. The van der Waals surface area contributed by atoms with Crippen LogP contribution < -0.4 is 20.5 Å². The van der Waals surface area contributed by atoms with E-state index in [9.17, 15) is 4.79 Å². The minimum Gasteiger partial charge on any atom is -0.493 e. The van der Waals surface area contributed by atoms with Crippen LogP contribution in [0, 0.1) is 0 Å². The number of benzene rings is 2. The van der Waals surface area contributed by atoms with Crippen molar-refractivity contribution in [3.63, 3.8) is 0 Å². The molecule has 144 valence electrons. The molecule has 0 saturated carbocycles. The summed E-state index contributed by atoms with van der Waals surface area (Å²) in [6.07, 6.45) is 2.57. The fourth-order valence-corrected chi connectivity index (χ4v) is 2.73. The topological polar surface area (TPSA) is 101 Å². The second kappa shape index (κ2) is 9.20. The summed E-state index contributed by atoms with van der Waals surface area (Å²) < 4.78 is 11.3. The van der Waals surface area contributed by atoms with Gasteiger partial charge in [0.1, 0.15) is 12.8 Å². The van der Waals surface area contributed by atoms with Gasteiger partial charge in [0.25, 0.3) is 5.56 Å². The van der Waals surface area contributed by atoms with Crippen molar-refractivity contribution in [2.75, 3.05) is 12.5 Å². The number of ether oxygens (including phenoxy) is 2. The summed E-state index contributed by atoms with van der Waals surface area (Å²) in [5.41, 5.74) is 3.62. The summed E-state index contributed by atoms with van der Waals surface area (Å²) >= 11 is 12.1. The second-order valence-corrected chi connectivity index (χ2v) is 6.30. The van der Waals surface area contributed by atoms with Crippen LogP contribution in [0.4, 0.5) is 5.95 Å². The van der Waals surface area contributed by atoms with Crippen molar-refractivity contribution < 1.29 is 9.47 Å². The van der Waals surface area contributed by atoms with E-state index >= 15 is 0 Å². The maximum atomic E-state index is 11.2. The predicted octanol–water partition coefficient (Wildman–Crippen LogP) is 3.51. The minimum atomic E-state index is -0.391. The van der Waals surface area contributed by atoms with Gasteiger partial charge in [-0.3, -0.25) is 9.78 Å². The number of hydrogen-bond donors (Lipinski definition) is 2. The molecule has 0 amide bonds. The molecule has 3 aromatic rings. The molecule has 10 heteroatoms. The Morgan fingerprint density at radius 3 is 2.89 bits per heavy atom. The molecule has 2 aromatic carbocycles. The van der Waals surface area contributed by atoms with E-state index in [0.717, 1.165) is 11.8 Å². The Kier molecular flexibility index (Phi) is 6.46. The molecule has 3 rings (SSSR count). The lowest BCUT2D eigenvalue weighted by Crippen LogP contribution is -2.10. The number of para-hydroxylation sites is 1. The molecule has 0 aliphatic heterocycles. The molecule has 0 atom stereocenters. The molecule has 0 bridgehead atoms. The van der Waals surface area contributed by atoms with Gasteiger partial charge < -0.3 is 9.47 Å². The lowest BCUT2D eigenvalue weighted by atomic mass is 10.2. The van der Waals surface area contributed by atoms with Crippen molar-refractivity contribution in [2.45, 2.75) is 6.61 Å². The Morgan fingerprint density at radius 2 is 2.14 bits per heavy atom. The summed E-state index contributed by atoms with van der Waals surface area (Å²) in [6, 6.07) is 10.5. The predicted molar refractivity (Wildman–Crippen MR) is 108 cm³/mol. The number of methoxy groups -OCH3 is 1. The zero-order valence-electron chi connectivity index (χ0n) is 14.6. The molecule has 2 N–H and O–H groups in total. The number of aromatic nitrogens is 3. The number of nitrogens with one attached hydrogen (secondary N) is 2. The third-order valence-electron chi connectivity index (χ3n) is 3.56. The molecule has 1 aromatic heterocycles. The number of H-pyrrole nitrogens is 1. The van der Waals surface area contributed by atoms with Crippen LogP contribution in [0.5, 0.6) is 11.5 Å². The zero-order chi connectivity index (χ0) is 19.9. The summed E-state index contributed by atoms with van der Waals surface area (Å²) in [5.74, 6) is 1.12. The van der Waals surface area contributed by atoms with Crippen LogP contribution in [0.2, 0.25) is 10.0 Å². The molecular weight excluding hydrogens is 405 g/mol. The molecular formula is C18H15Cl2N5O3. The van der Waals surface area contributed by atoms with Gasteiger partial charge in [-0.1, -0.05) is 35.3 Å². The van der Waals surface area contributed by atoms with E-state index in [2.05, 4.69) is 25.7 Å². The fraction of sp³-hybridized carbons (Fsp3) is 0.111. The molecule has 0 aliphatic carbocycles. The van der Waals surface area contributed by atoms with E-state index in [1.54, 1.807) is 43.5 Å². The van der Waals surface area contributed by atoms with Gasteiger partial charge in [0, 0.05) is 21.2 Å².